The second kappa shape index (κ2) is 11.3. The third-order valence-corrected chi connectivity index (χ3v) is 12.6. The van der Waals surface area contributed by atoms with Crippen molar-refractivity contribution in [2.24, 2.45) is 0 Å². The number of benzene rings is 2. The third kappa shape index (κ3) is 6.67. The van der Waals surface area contributed by atoms with Gasteiger partial charge in [-0.15, -0.1) is 0 Å². The molecule has 0 saturated carbocycles. The van der Waals surface area contributed by atoms with Gasteiger partial charge in [-0.05, 0) is 63.0 Å². The van der Waals surface area contributed by atoms with Crippen molar-refractivity contribution in [3.63, 3.8) is 0 Å². The number of aromatic nitrogens is 2. The highest BCUT2D eigenvalue weighted by Gasteiger charge is 2.34. The van der Waals surface area contributed by atoms with Crippen molar-refractivity contribution in [3.05, 3.63) is 108 Å². The molecule has 186 valence electrons. The zero-order valence-corrected chi connectivity index (χ0v) is 24.2. The normalized spacial score (nSPS) is 12.3. The molecule has 4 rings (SSSR count). The number of hydrogen-bond acceptors (Lipinski definition) is 2. The smallest absolute Gasteiger partial charge is 0.0695 e. The molecule has 0 unspecified atom stereocenters. The van der Waals surface area contributed by atoms with Crippen LogP contribution in [0.25, 0.3) is 11.1 Å². The Morgan fingerprint density at radius 2 is 1.11 bits per heavy atom. The Morgan fingerprint density at radius 1 is 0.556 bits per heavy atom. The van der Waals surface area contributed by atoms with E-state index in [4.69, 9.17) is 9.97 Å². The summed E-state index contributed by atoms with van der Waals surface area (Å²) >= 11 is 0. The van der Waals surface area contributed by atoms with E-state index in [0.717, 1.165) is 23.2 Å². The van der Waals surface area contributed by atoms with E-state index in [1.54, 1.807) is 0 Å². The molecular weight excluding hydrogens is 474 g/mol. The van der Waals surface area contributed by atoms with Crippen molar-refractivity contribution in [1.82, 2.24) is 9.97 Å². The predicted octanol–water partition coefficient (Wildman–Crippen LogP) is 8.36. The quantitative estimate of drug-likeness (QED) is 0.233. The maximum Gasteiger partial charge on any atom is 0.0695 e. The van der Waals surface area contributed by atoms with Crippen LogP contribution in [0.5, 0.6) is 0 Å². The Bertz CT molecular complexity index is 1190. The van der Waals surface area contributed by atoms with Crippen LogP contribution >= 0.6 is 15.8 Å². The number of nitrogens with zero attached hydrogens (tertiary/aromatic N) is 2. The second-order valence-corrected chi connectivity index (χ2v) is 17.2. The summed E-state index contributed by atoms with van der Waals surface area (Å²) in [6.07, 6.45) is 5.89. The van der Waals surface area contributed by atoms with Crippen LogP contribution in [-0.2, 0) is 12.3 Å². The van der Waals surface area contributed by atoms with E-state index < -0.39 is 7.92 Å². The topological polar surface area (TPSA) is 25.8 Å². The van der Waals surface area contributed by atoms with E-state index in [1.807, 2.05) is 24.5 Å². The van der Waals surface area contributed by atoms with Gasteiger partial charge in [-0.2, -0.15) is 0 Å². The largest absolute Gasteiger partial charge is 0.256 e. The minimum absolute atomic E-state index is 0.257. The summed E-state index contributed by atoms with van der Waals surface area (Å²) in [6, 6.07) is 30.4. The van der Waals surface area contributed by atoms with Crippen LogP contribution in [0.1, 0.15) is 52.7 Å². The minimum Gasteiger partial charge on any atom is -0.256 e. The molecule has 0 fully saturated rings. The zero-order chi connectivity index (χ0) is 25.8. The molecule has 0 aliphatic rings. The number of pyridine rings is 2. The van der Waals surface area contributed by atoms with E-state index in [-0.39, 0.29) is 18.2 Å². The molecule has 0 aliphatic heterocycles. The third-order valence-electron chi connectivity index (χ3n) is 6.44. The van der Waals surface area contributed by atoms with Crippen molar-refractivity contribution >= 4 is 26.7 Å². The standard InChI is InChI=1S/C32H38N2P2/c1-31(2,3)36(32(4,5)6)24-27-19-18-26(25-14-8-7-9-15-25)22-28(27)23-35(29-16-10-12-20-33-29)30-17-11-13-21-34-30/h7-22H,23-24H2,1-6H3. The average Bonchev–Trinajstić information content (AvgIpc) is 2.86. The Hall–Kier alpha value is -2.40. The molecule has 0 N–H and O–H groups in total. The molecule has 0 amide bonds. The monoisotopic (exact) mass is 512 g/mol. The molecule has 0 radical (unpaired) electrons. The van der Waals surface area contributed by atoms with E-state index in [0.29, 0.717) is 0 Å². The van der Waals surface area contributed by atoms with E-state index in [1.165, 1.54) is 22.3 Å². The van der Waals surface area contributed by atoms with Crippen molar-refractivity contribution in [1.29, 1.82) is 0 Å². The summed E-state index contributed by atoms with van der Waals surface area (Å²) in [5, 5.41) is 0.547. The van der Waals surface area contributed by atoms with Crippen LogP contribution in [0.3, 0.4) is 0 Å². The molecule has 0 bridgehead atoms. The molecule has 0 spiro atoms. The van der Waals surface area contributed by atoms with Crippen LogP contribution in [0.2, 0.25) is 0 Å². The lowest BCUT2D eigenvalue weighted by Gasteiger charge is -2.42. The van der Waals surface area contributed by atoms with Crippen LogP contribution in [-0.4, -0.2) is 20.3 Å². The van der Waals surface area contributed by atoms with Crippen molar-refractivity contribution in [2.45, 2.75) is 64.2 Å². The molecule has 4 aromatic rings. The van der Waals surface area contributed by atoms with Gasteiger partial charge in [0.15, 0.2) is 0 Å². The van der Waals surface area contributed by atoms with Gasteiger partial charge in [0.25, 0.3) is 0 Å². The molecule has 2 aromatic carbocycles. The molecule has 0 aliphatic carbocycles. The summed E-state index contributed by atoms with van der Waals surface area (Å²) in [7, 11) is -0.978. The molecular formula is C32H38N2P2. The SMILES string of the molecule is CC(C)(C)P(Cc1ccc(-c2ccccc2)cc1CP(c1ccccn1)c1ccccn1)C(C)(C)C. The highest BCUT2D eigenvalue weighted by Crippen LogP contribution is 2.61. The lowest BCUT2D eigenvalue weighted by Crippen LogP contribution is -2.26. The van der Waals surface area contributed by atoms with Crippen molar-refractivity contribution in [3.8, 4) is 11.1 Å². The molecule has 0 saturated heterocycles. The van der Waals surface area contributed by atoms with Gasteiger partial charge >= 0.3 is 0 Å². The number of rotatable bonds is 7. The molecule has 2 nitrogen and oxygen atoms in total. The van der Waals surface area contributed by atoms with Gasteiger partial charge in [-0.25, -0.2) is 0 Å². The summed E-state index contributed by atoms with van der Waals surface area (Å²) in [4.78, 5) is 9.59. The fourth-order valence-corrected chi connectivity index (χ4v) is 10.6. The molecule has 0 atom stereocenters. The predicted molar refractivity (Wildman–Crippen MR) is 160 cm³/mol. The van der Waals surface area contributed by atoms with Crippen LogP contribution < -0.4 is 10.9 Å². The number of hydrogen-bond donors (Lipinski definition) is 0. The van der Waals surface area contributed by atoms with Crippen LogP contribution in [0.4, 0.5) is 0 Å². The Kier molecular flexibility index (Phi) is 8.39. The van der Waals surface area contributed by atoms with Gasteiger partial charge in [-0.1, -0.05) is 110 Å². The summed E-state index contributed by atoms with van der Waals surface area (Å²) < 4.78 is 0. The van der Waals surface area contributed by atoms with Gasteiger partial charge in [0, 0.05) is 26.5 Å². The van der Waals surface area contributed by atoms with Crippen molar-refractivity contribution in [2.75, 3.05) is 0 Å². The summed E-state index contributed by atoms with van der Waals surface area (Å²) in [6.45, 7) is 14.5. The van der Waals surface area contributed by atoms with E-state index in [9.17, 15) is 0 Å². The Morgan fingerprint density at radius 3 is 1.61 bits per heavy atom. The maximum atomic E-state index is 4.79. The Labute approximate surface area is 220 Å². The van der Waals surface area contributed by atoms with Crippen LogP contribution in [0, 0.1) is 0 Å². The summed E-state index contributed by atoms with van der Waals surface area (Å²) in [5.41, 5.74) is 7.72. The van der Waals surface area contributed by atoms with Gasteiger partial charge in [0.1, 0.15) is 0 Å². The average molecular weight is 513 g/mol. The second-order valence-electron chi connectivity index (χ2n) is 11.2. The first-order chi connectivity index (χ1) is 17.1. The van der Waals surface area contributed by atoms with Crippen molar-refractivity contribution < 1.29 is 0 Å². The molecule has 2 heterocycles. The van der Waals surface area contributed by atoms with Gasteiger partial charge in [0.05, 0.1) is 10.9 Å². The molecule has 2 aromatic heterocycles. The van der Waals surface area contributed by atoms with E-state index >= 15 is 0 Å². The lowest BCUT2D eigenvalue weighted by molar-refractivity contribution is 0.702. The maximum absolute atomic E-state index is 4.79. The fraction of sp³-hybridized carbons (Fsp3) is 0.312. The Balaban J connectivity index is 1.82. The lowest BCUT2D eigenvalue weighted by atomic mass is 10.0. The minimum atomic E-state index is -0.721. The van der Waals surface area contributed by atoms with E-state index in [2.05, 4.69) is 114 Å². The van der Waals surface area contributed by atoms with Gasteiger partial charge in [0.2, 0.25) is 0 Å². The first-order valence-corrected chi connectivity index (χ1v) is 15.7. The molecule has 36 heavy (non-hydrogen) atoms. The van der Waals surface area contributed by atoms with Crippen LogP contribution in [0.15, 0.2) is 97.3 Å². The van der Waals surface area contributed by atoms with Gasteiger partial charge in [-0.3, -0.25) is 9.97 Å². The highest BCUT2D eigenvalue weighted by atomic mass is 31.1. The van der Waals surface area contributed by atoms with Gasteiger partial charge < -0.3 is 0 Å². The zero-order valence-electron chi connectivity index (χ0n) is 22.4. The highest BCUT2D eigenvalue weighted by molar-refractivity contribution is 7.71. The fourth-order valence-electron chi connectivity index (χ4n) is 4.86. The first kappa shape index (κ1) is 26.7. The first-order valence-electron chi connectivity index (χ1n) is 12.7. The summed E-state index contributed by atoms with van der Waals surface area (Å²) in [5.74, 6) is 0. The molecule has 4 heteroatoms.